The van der Waals surface area contributed by atoms with Crippen molar-refractivity contribution in [2.75, 3.05) is 6.61 Å². The Morgan fingerprint density at radius 3 is 3.78 bits per heavy atom. The molecule has 1 aromatic heterocycles. The third-order valence-corrected chi connectivity index (χ3v) is 1.43. The van der Waals surface area contributed by atoms with E-state index < -0.39 is 0 Å². The van der Waals surface area contributed by atoms with Crippen LogP contribution < -0.4 is 0 Å². The van der Waals surface area contributed by atoms with E-state index in [9.17, 15) is 0 Å². The molecule has 2 heterocycles. The molecule has 0 aromatic carbocycles. The van der Waals surface area contributed by atoms with Gasteiger partial charge in [0.1, 0.15) is 0 Å². The average Bonchev–Trinajstić information content (AvgIpc) is 2.34. The topological polar surface area (TPSA) is 27.1 Å². The van der Waals surface area contributed by atoms with Crippen LogP contribution in [0.3, 0.4) is 0 Å². The maximum Gasteiger partial charge on any atom is 0.0885 e. The molecule has 0 N–H and O–H groups in total. The van der Waals surface area contributed by atoms with Crippen molar-refractivity contribution < 1.29 is 6.11 Å². The zero-order valence-corrected chi connectivity index (χ0v) is 5.00. The van der Waals surface area contributed by atoms with Crippen molar-refractivity contribution in [1.82, 2.24) is 9.78 Å². The molecule has 0 fully saturated rings. The number of hydrogen-bond acceptors (Lipinski definition) is 2. The largest absolute Gasteiger partial charge is 0.373 e. The Morgan fingerprint density at radius 2 is 2.89 bits per heavy atom. The van der Waals surface area contributed by atoms with Gasteiger partial charge in [-0.1, -0.05) is 0 Å². The summed E-state index contributed by atoms with van der Waals surface area (Å²) in [5.74, 6) is 0. The lowest BCUT2D eigenvalue weighted by molar-refractivity contribution is 0.0800. The van der Waals surface area contributed by atoms with Crippen LogP contribution in [-0.4, -0.2) is 16.4 Å². The average molecular weight is 125 g/mol. The lowest BCUT2D eigenvalue weighted by atomic mass is 10.4. The van der Waals surface area contributed by atoms with E-state index in [0.717, 1.165) is 12.2 Å². The van der Waals surface area contributed by atoms with E-state index >= 15 is 0 Å². The molecule has 0 aliphatic carbocycles. The minimum absolute atomic E-state index is 0.486. The number of ether oxygens (including phenoxy) is 1. The van der Waals surface area contributed by atoms with E-state index in [1.807, 2.05) is 4.68 Å². The number of nitrogens with zero attached hydrogens (tertiary/aromatic N) is 2. The van der Waals surface area contributed by atoms with Crippen LogP contribution >= 0.6 is 0 Å². The Morgan fingerprint density at radius 1 is 1.89 bits per heavy atom. The summed E-state index contributed by atoms with van der Waals surface area (Å²) in [7, 11) is 0. The first-order valence-electron chi connectivity index (χ1n) is 3.47. The lowest BCUT2D eigenvalue weighted by Crippen LogP contribution is -2.16. The van der Waals surface area contributed by atoms with Gasteiger partial charge in [-0.05, 0) is 6.04 Å². The quantitative estimate of drug-likeness (QED) is 0.502. The molecule has 48 valence electrons. The molecule has 0 atom stereocenters. The van der Waals surface area contributed by atoms with E-state index in [-0.39, 0.29) is 0 Å². The SMILES string of the molecule is [2H]c1cnn2c1COCC2. The normalized spacial score (nSPS) is 18.9. The Hall–Kier alpha value is -0.830. The van der Waals surface area contributed by atoms with Crippen molar-refractivity contribution >= 4 is 0 Å². The van der Waals surface area contributed by atoms with Gasteiger partial charge in [0, 0.05) is 6.20 Å². The van der Waals surface area contributed by atoms with Crippen LogP contribution in [0.1, 0.15) is 7.06 Å². The van der Waals surface area contributed by atoms with Gasteiger partial charge in [0.2, 0.25) is 0 Å². The number of rotatable bonds is 0. The summed E-state index contributed by atoms with van der Waals surface area (Å²) in [6, 6.07) is 0.486. The maximum atomic E-state index is 7.37. The van der Waals surface area contributed by atoms with Gasteiger partial charge in [0.05, 0.1) is 26.8 Å². The highest BCUT2D eigenvalue weighted by molar-refractivity contribution is 4.99. The summed E-state index contributed by atoms with van der Waals surface area (Å²) >= 11 is 0. The van der Waals surface area contributed by atoms with Gasteiger partial charge in [0.25, 0.3) is 0 Å². The van der Waals surface area contributed by atoms with Crippen molar-refractivity contribution in [2.45, 2.75) is 13.2 Å². The summed E-state index contributed by atoms with van der Waals surface area (Å²) in [6.07, 6.45) is 1.56. The van der Waals surface area contributed by atoms with Crippen molar-refractivity contribution in [3.63, 3.8) is 0 Å². The molecule has 9 heavy (non-hydrogen) atoms. The summed E-state index contributed by atoms with van der Waals surface area (Å²) in [6.45, 7) is 2.04. The predicted octanol–water partition coefficient (Wildman–Crippen LogP) is 0.413. The van der Waals surface area contributed by atoms with Gasteiger partial charge in [-0.3, -0.25) is 4.68 Å². The third-order valence-electron chi connectivity index (χ3n) is 1.43. The molecule has 3 heteroatoms. The molecular formula is C6H8N2O. The first-order valence-corrected chi connectivity index (χ1v) is 2.97. The highest BCUT2D eigenvalue weighted by Crippen LogP contribution is 2.05. The van der Waals surface area contributed by atoms with Crippen LogP contribution in [-0.2, 0) is 17.9 Å². The Balaban J connectivity index is 2.45. The van der Waals surface area contributed by atoms with Gasteiger partial charge in [-0.15, -0.1) is 0 Å². The van der Waals surface area contributed by atoms with Crippen LogP contribution in [0.4, 0.5) is 0 Å². The van der Waals surface area contributed by atoms with Crippen LogP contribution in [0.5, 0.6) is 0 Å². The molecule has 0 spiro atoms. The van der Waals surface area contributed by atoms with E-state index in [1.54, 1.807) is 6.20 Å². The smallest absolute Gasteiger partial charge is 0.0885 e. The standard InChI is InChI=1S/C6H8N2O/c1-2-7-8-3-4-9-5-6(1)8/h1-2H,3-5H2/i1D. The summed E-state index contributed by atoms with van der Waals surface area (Å²) in [4.78, 5) is 0. The molecule has 2 rings (SSSR count). The molecule has 0 unspecified atom stereocenters. The van der Waals surface area contributed by atoms with Gasteiger partial charge >= 0.3 is 0 Å². The summed E-state index contributed by atoms with van der Waals surface area (Å²) < 4.78 is 14.3. The lowest BCUT2D eigenvalue weighted by Gasteiger charge is -2.12. The van der Waals surface area contributed by atoms with Gasteiger partial charge in [-0.25, -0.2) is 0 Å². The van der Waals surface area contributed by atoms with Crippen LogP contribution in [0, 0.1) is 0 Å². The first kappa shape index (κ1) is 4.06. The van der Waals surface area contributed by atoms with E-state index in [4.69, 9.17) is 6.11 Å². The van der Waals surface area contributed by atoms with E-state index in [1.165, 1.54) is 0 Å². The zero-order valence-electron chi connectivity index (χ0n) is 6.00. The molecule has 0 saturated carbocycles. The molecular weight excluding hydrogens is 116 g/mol. The predicted molar refractivity (Wildman–Crippen MR) is 31.9 cm³/mol. The van der Waals surface area contributed by atoms with Crippen molar-refractivity contribution in [3.8, 4) is 0 Å². The monoisotopic (exact) mass is 125 g/mol. The van der Waals surface area contributed by atoms with Crippen LogP contribution in [0.25, 0.3) is 0 Å². The second-order valence-electron chi connectivity index (χ2n) is 2.01. The van der Waals surface area contributed by atoms with E-state index in [2.05, 4.69) is 5.10 Å². The van der Waals surface area contributed by atoms with Crippen LogP contribution in [0.2, 0.25) is 0 Å². The minimum Gasteiger partial charge on any atom is -0.373 e. The van der Waals surface area contributed by atoms with Gasteiger partial charge in [-0.2, -0.15) is 5.10 Å². The first-order chi connectivity index (χ1) is 4.88. The Kier molecular flexibility index (Phi) is 0.832. The molecule has 0 radical (unpaired) electrons. The fourth-order valence-corrected chi connectivity index (χ4v) is 0.946. The van der Waals surface area contributed by atoms with Gasteiger partial charge in [0.15, 0.2) is 0 Å². The van der Waals surface area contributed by atoms with Crippen molar-refractivity contribution in [1.29, 1.82) is 0 Å². The Labute approximate surface area is 54.6 Å². The summed E-state index contributed by atoms with van der Waals surface area (Å²) in [5, 5.41) is 4.01. The van der Waals surface area contributed by atoms with Crippen molar-refractivity contribution in [2.24, 2.45) is 0 Å². The third kappa shape index (κ3) is 0.733. The van der Waals surface area contributed by atoms with Crippen molar-refractivity contribution in [3.05, 3.63) is 17.9 Å². The molecule has 0 saturated heterocycles. The minimum atomic E-state index is 0.486. The molecule has 0 amide bonds. The van der Waals surface area contributed by atoms with Crippen LogP contribution in [0.15, 0.2) is 12.2 Å². The molecule has 1 aliphatic heterocycles. The fourth-order valence-electron chi connectivity index (χ4n) is 0.946. The fraction of sp³-hybridized carbons (Fsp3) is 0.500. The Bertz CT molecular complexity index is 246. The highest BCUT2D eigenvalue weighted by atomic mass is 16.5. The molecule has 1 aliphatic rings. The molecule has 3 nitrogen and oxygen atoms in total. The number of aromatic nitrogens is 2. The van der Waals surface area contributed by atoms with E-state index in [0.29, 0.717) is 19.3 Å². The second-order valence-corrected chi connectivity index (χ2v) is 2.01. The number of fused-ring (bicyclic) bond motifs is 1. The molecule has 1 aromatic rings. The maximum absolute atomic E-state index is 7.37. The zero-order chi connectivity index (χ0) is 6.97. The molecule has 0 bridgehead atoms. The summed E-state index contributed by atoms with van der Waals surface area (Å²) in [5.41, 5.74) is 0.895. The second kappa shape index (κ2) is 1.84. The number of hydrogen-bond donors (Lipinski definition) is 0. The van der Waals surface area contributed by atoms with Gasteiger partial charge < -0.3 is 4.74 Å². The highest BCUT2D eigenvalue weighted by Gasteiger charge is 2.06.